The lowest BCUT2D eigenvalue weighted by Gasteiger charge is -2.03. The second-order valence-electron chi connectivity index (χ2n) is 3.51. The third-order valence-electron chi connectivity index (χ3n) is 2.53. The number of aromatic nitrogens is 1. The number of para-hydroxylation sites is 1. The Morgan fingerprint density at radius 1 is 1.33 bits per heavy atom. The Balaban J connectivity index is 2.32. The number of carbonyl (C=O) groups excluding carboxylic acids is 1. The molecule has 4 nitrogen and oxygen atoms in total. The largest absolute Gasteiger partial charge is 0.330 e. The summed E-state index contributed by atoms with van der Waals surface area (Å²) >= 11 is 0. The molecule has 0 saturated heterocycles. The van der Waals surface area contributed by atoms with E-state index in [1.165, 1.54) is 0 Å². The fraction of sp³-hybridized carbons (Fsp3) is 0.0909. The van der Waals surface area contributed by atoms with E-state index >= 15 is 0 Å². The lowest BCUT2D eigenvalue weighted by Crippen LogP contribution is -2.20. The maximum atomic E-state index is 11.3. The zero-order chi connectivity index (χ0) is 10.3. The number of hydrogen-bond acceptors (Lipinski definition) is 2. The molecule has 0 bridgehead atoms. The second-order valence-corrected chi connectivity index (χ2v) is 3.51. The van der Waals surface area contributed by atoms with Gasteiger partial charge in [0.2, 0.25) is 0 Å². The molecule has 1 aliphatic rings. The van der Waals surface area contributed by atoms with E-state index < -0.39 is 0 Å². The molecule has 0 atom stereocenters. The summed E-state index contributed by atoms with van der Waals surface area (Å²) in [5.74, 6) is -0.0913. The highest BCUT2D eigenvalue weighted by molar-refractivity contribution is 5.93. The number of nitrogens with zero attached hydrogens (tertiary/aromatic N) is 2. The molecular weight excluding hydrogens is 190 g/mol. The Hall–Kier alpha value is -2.10. The number of rotatable bonds is 0. The molecule has 0 spiro atoms. The molecule has 3 rings (SSSR count). The van der Waals surface area contributed by atoms with Crippen molar-refractivity contribution in [1.82, 2.24) is 9.99 Å². The third kappa shape index (κ3) is 1.22. The molecule has 0 unspecified atom stereocenters. The van der Waals surface area contributed by atoms with Crippen molar-refractivity contribution in [3.8, 4) is 0 Å². The first-order chi connectivity index (χ1) is 7.34. The third-order valence-corrected chi connectivity index (χ3v) is 2.53. The van der Waals surface area contributed by atoms with Gasteiger partial charge in [-0.25, -0.2) is 5.43 Å². The first-order valence-electron chi connectivity index (χ1n) is 4.75. The van der Waals surface area contributed by atoms with E-state index in [4.69, 9.17) is 0 Å². The summed E-state index contributed by atoms with van der Waals surface area (Å²) in [6.07, 6.45) is 1.67. The normalized spacial score (nSPS) is 14.8. The molecule has 2 aromatic rings. The Morgan fingerprint density at radius 2 is 2.20 bits per heavy atom. The average Bonchev–Trinajstić information content (AvgIpc) is 2.47. The highest BCUT2D eigenvalue weighted by atomic mass is 16.2. The molecule has 0 fully saturated rings. The minimum absolute atomic E-state index is 0.0913. The molecule has 0 aliphatic carbocycles. The summed E-state index contributed by atoms with van der Waals surface area (Å²) < 4.78 is 1.96. The van der Waals surface area contributed by atoms with Crippen LogP contribution in [0.15, 0.2) is 35.4 Å². The van der Waals surface area contributed by atoms with Gasteiger partial charge in [-0.15, -0.1) is 0 Å². The molecule has 1 aromatic carbocycles. The molecule has 0 saturated carbocycles. The summed E-state index contributed by atoms with van der Waals surface area (Å²) in [6.45, 7) is 0.322. The lowest BCUT2D eigenvalue weighted by molar-refractivity contribution is -0.121. The molecule has 0 radical (unpaired) electrons. The maximum absolute atomic E-state index is 11.3. The van der Waals surface area contributed by atoms with E-state index in [-0.39, 0.29) is 5.91 Å². The van der Waals surface area contributed by atoms with Crippen molar-refractivity contribution in [2.24, 2.45) is 5.10 Å². The van der Waals surface area contributed by atoms with Gasteiger partial charge in [-0.05, 0) is 12.1 Å². The van der Waals surface area contributed by atoms with E-state index in [1.807, 2.05) is 34.9 Å². The molecule has 1 N–H and O–H groups in total. The van der Waals surface area contributed by atoms with Gasteiger partial charge in [0.25, 0.3) is 5.91 Å². The van der Waals surface area contributed by atoms with Crippen LogP contribution in [-0.4, -0.2) is 16.7 Å². The Morgan fingerprint density at radius 3 is 3.13 bits per heavy atom. The smallest absolute Gasteiger partial charge is 0.260 e. The van der Waals surface area contributed by atoms with Gasteiger partial charge in [-0.2, -0.15) is 5.10 Å². The van der Waals surface area contributed by atoms with Crippen molar-refractivity contribution in [1.29, 1.82) is 0 Å². The number of hydrazone groups is 1. The van der Waals surface area contributed by atoms with Crippen molar-refractivity contribution in [3.63, 3.8) is 0 Å². The molecule has 4 heteroatoms. The summed E-state index contributed by atoms with van der Waals surface area (Å²) in [5, 5.41) is 4.98. The molecule has 1 amide bonds. The Kier molecular flexibility index (Phi) is 1.62. The van der Waals surface area contributed by atoms with Crippen LogP contribution in [0.4, 0.5) is 0 Å². The van der Waals surface area contributed by atoms with E-state index in [9.17, 15) is 4.79 Å². The van der Waals surface area contributed by atoms with Crippen molar-refractivity contribution >= 4 is 23.0 Å². The quantitative estimate of drug-likeness (QED) is 0.678. The molecule has 1 aromatic heterocycles. The fourth-order valence-electron chi connectivity index (χ4n) is 1.86. The van der Waals surface area contributed by atoms with Gasteiger partial charge >= 0.3 is 0 Å². The molecule has 2 heterocycles. The topological polar surface area (TPSA) is 46.4 Å². The van der Waals surface area contributed by atoms with Crippen molar-refractivity contribution in [2.45, 2.75) is 6.54 Å². The molecule has 15 heavy (non-hydrogen) atoms. The average molecular weight is 199 g/mol. The standard InChI is InChI=1S/C11H9N3O/c15-11-7-14-9(6-12-13-11)5-8-3-1-2-4-10(8)14/h1-6H,7H2,(H,13,15). The predicted molar refractivity (Wildman–Crippen MR) is 57.7 cm³/mol. The van der Waals surface area contributed by atoms with Crippen LogP contribution in [-0.2, 0) is 11.3 Å². The van der Waals surface area contributed by atoms with Gasteiger partial charge < -0.3 is 4.57 Å². The van der Waals surface area contributed by atoms with Gasteiger partial charge in [0.15, 0.2) is 0 Å². The van der Waals surface area contributed by atoms with Gasteiger partial charge in [-0.3, -0.25) is 4.79 Å². The highest BCUT2D eigenvalue weighted by Crippen LogP contribution is 2.19. The van der Waals surface area contributed by atoms with Crippen molar-refractivity contribution in [3.05, 3.63) is 36.0 Å². The number of carbonyl (C=O) groups is 1. The summed E-state index contributed by atoms with van der Waals surface area (Å²) in [4.78, 5) is 11.3. The minimum atomic E-state index is -0.0913. The monoisotopic (exact) mass is 199 g/mol. The Labute approximate surface area is 86.2 Å². The van der Waals surface area contributed by atoms with Crippen LogP contribution in [0.2, 0.25) is 0 Å². The van der Waals surface area contributed by atoms with Crippen LogP contribution >= 0.6 is 0 Å². The number of benzene rings is 1. The van der Waals surface area contributed by atoms with Crippen molar-refractivity contribution < 1.29 is 4.79 Å². The fourth-order valence-corrected chi connectivity index (χ4v) is 1.86. The number of nitrogens with one attached hydrogen (secondary N) is 1. The van der Waals surface area contributed by atoms with Gasteiger partial charge in [0.05, 0.1) is 11.9 Å². The van der Waals surface area contributed by atoms with E-state index in [0.29, 0.717) is 6.54 Å². The molecule has 1 aliphatic heterocycles. The zero-order valence-electron chi connectivity index (χ0n) is 7.97. The number of amides is 1. The van der Waals surface area contributed by atoms with E-state index in [2.05, 4.69) is 10.5 Å². The van der Waals surface area contributed by atoms with Crippen LogP contribution in [0.3, 0.4) is 0 Å². The molecule has 74 valence electrons. The predicted octanol–water partition coefficient (Wildman–Crippen LogP) is 1.10. The maximum Gasteiger partial charge on any atom is 0.260 e. The van der Waals surface area contributed by atoms with Crippen LogP contribution in [0, 0.1) is 0 Å². The van der Waals surface area contributed by atoms with Crippen LogP contribution in [0.25, 0.3) is 10.9 Å². The summed E-state index contributed by atoms with van der Waals surface area (Å²) in [5.41, 5.74) is 4.47. The first kappa shape index (κ1) is 8.23. The number of hydrogen-bond donors (Lipinski definition) is 1. The summed E-state index contributed by atoms with van der Waals surface area (Å²) in [6, 6.07) is 10.0. The Bertz CT molecular complexity index is 568. The molecular formula is C11H9N3O. The summed E-state index contributed by atoms with van der Waals surface area (Å²) in [7, 11) is 0. The van der Waals surface area contributed by atoms with Crippen LogP contribution < -0.4 is 5.43 Å². The SMILES string of the molecule is O=C1Cn2c(cc3ccccc32)C=NN1. The number of fused-ring (bicyclic) bond motifs is 3. The van der Waals surface area contributed by atoms with Gasteiger partial charge in [0.1, 0.15) is 6.54 Å². The first-order valence-corrected chi connectivity index (χ1v) is 4.75. The van der Waals surface area contributed by atoms with Gasteiger partial charge in [-0.1, -0.05) is 18.2 Å². The lowest BCUT2D eigenvalue weighted by atomic mass is 10.2. The zero-order valence-corrected chi connectivity index (χ0v) is 7.97. The van der Waals surface area contributed by atoms with Crippen LogP contribution in [0.5, 0.6) is 0 Å². The minimum Gasteiger partial charge on any atom is -0.330 e. The highest BCUT2D eigenvalue weighted by Gasteiger charge is 2.12. The van der Waals surface area contributed by atoms with Crippen molar-refractivity contribution in [2.75, 3.05) is 0 Å². The van der Waals surface area contributed by atoms with E-state index in [1.54, 1.807) is 6.21 Å². The second kappa shape index (κ2) is 2.95. The van der Waals surface area contributed by atoms with E-state index in [0.717, 1.165) is 16.6 Å². The van der Waals surface area contributed by atoms with Crippen LogP contribution in [0.1, 0.15) is 5.69 Å². The van der Waals surface area contributed by atoms with Gasteiger partial charge in [0, 0.05) is 10.9 Å².